The lowest BCUT2D eigenvalue weighted by atomic mass is 10.0. The van der Waals surface area contributed by atoms with Gasteiger partial charge in [0.25, 0.3) is 10.3 Å². The molecule has 0 aliphatic rings. The third-order valence-corrected chi connectivity index (χ3v) is 5.54. The lowest BCUT2D eigenvalue weighted by molar-refractivity contribution is -0.685. The van der Waals surface area contributed by atoms with Gasteiger partial charge in [-0.15, -0.1) is 0 Å². The van der Waals surface area contributed by atoms with Crippen LogP contribution in [-0.4, -0.2) is 4.57 Å². The Morgan fingerprint density at radius 1 is 0.815 bits per heavy atom. The highest BCUT2D eigenvalue weighted by Crippen LogP contribution is 2.22. The second-order valence-corrected chi connectivity index (χ2v) is 7.11. The van der Waals surface area contributed by atoms with Crippen molar-refractivity contribution in [3.05, 3.63) is 101 Å². The van der Waals surface area contributed by atoms with Crippen LogP contribution in [0.3, 0.4) is 0 Å². The summed E-state index contributed by atoms with van der Waals surface area (Å²) in [5.41, 5.74) is 2.51. The molecule has 0 saturated carbocycles. The quantitative estimate of drug-likeness (QED) is 0.404. The predicted octanol–water partition coefficient (Wildman–Crippen LogP) is 2.53. The lowest BCUT2D eigenvalue weighted by Gasteiger charge is -2.05. The zero-order chi connectivity index (χ0) is 17.9. The van der Waals surface area contributed by atoms with E-state index < -0.39 is 0 Å². The third-order valence-electron chi connectivity index (χ3n) is 4.65. The first-order valence-corrected chi connectivity index (χ1v) is 9.42. The van der Waals surface area contributed by atoms with E-state index in [0.717, 1.165) is 13.0 Å². The van der Waals surface area contributed by atoms with E-state index in [2.05, 4.69) is 54.6 Å². The van der Waals surface area contributed by atoms with Gasteiger partial charge in [-0.05, 0) is 45.1 Å². The van der Waals surface area contributed by atoms with Gasteiger partial charge < -0.3 is 17.0 Å². The van der Waals surface area contributed by atoms with E-state index >= 15 is 0 Å². The molecule has 0 N–H and O–H groups in total. The summed E-state index contributed by atoms with van der Waals surface area (Å²) in [7, 11) is 0. The maximum absolute atomic E-state index is 6.47. The van der Waals surface area contributed by atoms with E-state index in [-0.39, 0.29) is 17.0 Å². The van der Waals surface area contributed by atoms with Crippen LogP contribution in [0.4, 0.5) is 0 Å². The number of halogens is 3. The Labute approximate surface area is 179 Å². The maximum atomic E-state index is 6.47. The van der Waals surface area contributed by atoms with Crippen molar-refractivity contribution in [1.29, 1.82) is 0 Å². The molecular formula is C22H19BrCl2N2. The van der Waals surface area contributed by atoms with Crippen LogP contribution >= 0.6 is 23.2 Å². The Bertz CT molecular complexity index is 1040. The number of hydrogen-bond acceptors (Lipinski definition) is 0. The number of imidazole rings is 1. The number of benzene rings is 3. The van der Waals surface area contributed by atoms with E-state index in [1.165, 1.54) is 21.9 Å². The Morgan fingerprint density at radius 2 is 1.52 bits per heavy atom. The van der Waals surface area contributed by atoms with E-state index in [0.29, 0.717) is 16.9 Å². The summed E-state index contributed by atoms with van der Waals surface area (Å²) in [6.07, 6.45) is 2.90. The summed E-state index contributed by atoms with van der Waals surface area (Å²) in [6.45, 7) is 1.50. The Morgan fingerprint density at radius 3 is 2.33 bits per heavy atom. The van der Waals surface area contributed by atoms with Gasteiger partial charge in [-0.1, -0.05) is 72.8 Å². The molecule has 0 radical (unpaired) electrons. The summed E-state index contributed by atoms with van der Waals surface area (Å²) in [5.74, 6) is 0. The molecule has 1 heterocycles. The van der Waals surface area contributed by atoms with Gasteiger partial charge in [-0.25, -0.2) is 9.13 Å². The van der Waals surface area contributed by atoms with Crippen molar-refractivity contribution >= 4 is 34.0 Å². The average Bonchev–Trinajstić information content (AvgIpc) is 2.95. The fourth-order valence-electron chi connectivity index (χ4n) is 3.30. The van der Waals surface area contributed by atoms with Crippen molar-refractivity contribution in [2.75, 3.05) is 0 Å². The van der Waals surface area contributed by atoms with Gasteiger partial charge in [-0.3, -0.25) is 0 Å². The monoisotopic (exact) mass is 460 g/mol. The van der Waals surface area contributed by atoms with Gasteiger partial charge in [0.05, 0.1) is 6.54 Å². The van der Waals surface area contributed by atoms with Gasteiger partial charge in [0.15, 0.2) is 0 Å². The molecule has 0 aliphatic heterocycles. The number of aromatic nitrogens is 2. The molecule has 0 unspecified atom stereocenters. The van der Waals surface area contributed by atoms with Crippen LogP contribution in [0.5, 0.6) is 0 Å². The van der Waals surface area contributed by atoms with Crippen LogP contribution < -0.4 is 21.5 Å². The van der Waals surface area contributed by atoms with E-state index in [9.17, 15) is 0 Å². The second kappa shape index (κ2) is 8.92. The Kier molecular flexibility index (Phi) is 6.59. The minimum Gasteiger partial charge on any atom is -1.00 e. The highest BCUT2D eigenvalue weighted by atomic mass is 79.9. The highest BCUT2D eigenvalue weighted by Gasteiger charge is 2.20. The first-order valence-electron chi connectivity index (χ1n) is 8.66. The molecule has 138 valence electrons. The molecule has 0 amide bonds. The van der Waals surface area contributed by atoms with Crippen LogP contribution in [0.2, 0.25) is 10.3 Å². The highest BCUT2D eigenvalue weighted by molar-refractivity contribution is 6.39. The van der Waals surface area contributed by atoms with Crippen molar-refractivity contribution in [1.82, 2.24) is 4.57 Å². The molecule has 2 nitrogen and oxygen atoms in total. The first-order chi connectivity index (χ1) is 12.7. The van der Waals surface area contributed by atoms with Gasteiger partial charge >= 0.3 is 0 Å². The predicted molar refractivity (Wildman–Crippen MR) is 108 cm³/mol. The standard InChI is InChI=1S/C22H19Cl2N2.BrH/c23-21-22(24)26(15-17-7-2-1-3-8-17)16-25(21)14-13-19-11-6-10-18-9-4-5-12-20(18)19;/h1-12,16H,13-15H2;1H/q+1;/p-1. The molecule has 4 aromatic rings. The van der Waals surface area contributed by atoms with E-state index in [1.807, 2.05) is 33.7 Å². The summed E-state index contributed by atoms with van der Waals surface area (Å²) < 4.78 is 4.01. The van der Waals surface area contributed by atoms with Crippen LogP contribution in [0, 0.1) is 0 Å². The first kappa shape index (κ1) is 19.9. The molecule has 0 aliphatic carbocycles. The number of rotatable bonds is 5. The molecule has 5 heteroatoms. The molecule has 0 fully saturated rings. The molecular weight excluding hydrogens is 443 g/mol. The second-order valence-electron chi connectivity index (χ2n) is 6.39. The fourth-order valence-corrected chi connectivity index (χ4v) is 3.75. The average molecular weight is 462 g/mol. The molecule has 3 aromatic carbocycles. The molecule has 4 rings (SSSR count). The van der Waals surface area contributed by atoms with E-state index in [4.69, 9.17) is 23.2 Å². The van der Waals surface area contributed by atoms with Crippen LogP contribution in [0.25, 0.3) is 10.8 Å². The Hall–Kier alpha value is -1.81. The molecule has 0 bridgehead atoms. The van der Waals surface area contributed by atoms with Crippen LogP contribution in [0.15, 0.2) is 79.1 Å². The summed E-state index contributed by atoms with van der Waals surface area (Å²) >= 11 is 12.9. The largest absolute Gasteiger partial charge is 1.00 e. The number of nitrogens with zero attached hydrogens (tertiary/aromatic N) is 2. The summed E-state index contributed by atoms with van der Waals surface area (Å²) in [5, 5.41) is 3.72. The normalized spacial score (nSPS) is 10.7. The molecule has 1 aromatic heterocycles. The fraction of sp³-hybridized carbons (Fsp3) is 0.136. The summed E-state index contributed by atoms with van der Waals surface area (Å²) in [4.78, 5) is 0. The van der Waals surface area contributed by atoms with Crippen molar-refractivity contribution in [3.8, 4) is 0 Å². The smallest absolute Gasteiger partial charge is 0.255 e. The number of aryl methyl sites for hydroxylation is 2. The SMILES string of the molecule is Clc1c(Cl)[n+](Cc2ccccc2)cn1CCc1cccc2ccccc12.[Br-]. The zero-order valence-electron chi connectivity index (χ0n) is 14.7. The van der Waals surface area contributed by atoms with Crippen molar-refractivity contribution in [2.24, 2.45) is 0 Å². The zero-order valence-corrected chi connectivity index (χ0v) is 17.8. The van der Waals surface area contributed by atoms with Gasteiger partial charge in [0, 0.05) is 6.42 Å². The summed E-state index contributed by atoms with van der Waals surface area (Å²) in [6, 6.07) is 25.2. The number of hydrogen-bond donors (Lipinski definition) is 0. The topological polar surface area (TPSA) is 8.81 Å². The van der Waals surface area contributed by atoms with E-state index in [1.54, 1.807) is 0 Å². The molecule has 0 spiro atoms. The lowest BCUT2D eigenvalue weighted by Crippen LogP contribution is -3.00. The Balaban J connectivity index is 0.00000210. The van der Waals surface area contributed by atoms with Crippen LogP contribution in [0.1, 0.15) is 11.1 Å². The van der Waals surface area contributed by atoms with Gasteiger partial charge in [0.1, 0.15) is 6.54 Å². The molecule has 27 heavy (non-hydrogen) atoms. The third kappa shape index (κ3) is 4.37. The van der Waals surface area contributed by atoms with Crippen molar-refractivity contribution in [3.63, 3.8) is 0 Å². The minimum absolute atomic E-state index is 0. The molecule has 0 saturated heterocycles. The number of fused-ring (bicyclic) bond motifs is 1. The van der Waals surface area contributed by atoms with Gasteiger partial charge in [0.2, 0.25) is 6.33 Å². The maximum Gasteiger partial charge on any atom is 0.255 e. The molecule has 0 atom stereocenters. The minimum atomic E-state index is 0. The van der Waals surface area contributed by atoms with Crippen molar-refractivity contribution < 1.29 is 21.5 Å². The van der Waals surface area contributed by atoms with Gasteiger partial charge in [-0.2, -0.15) is 0 Å². The van der Waals surface area contributed by atoms with Crippen LogP contribution in [-0.2, 0) is 19.5 Å². The van der Waals surface area contributed by atoms with Crippen molar-refractivity contribution in [2.45, 2.75) is 19.5 Å².